The third-order valence-electron chi connectivity index (χ3n) is 5.95. The van der Waals surface area contributed by atoms with Crippen LogP contribution in [0.3, 0.4) is 0 Å². The Hall–Kier alpha value is -2.80. The van der Waals surface area contributed by atoms with Crippen LogP contribution < -0.4 is 0 Å². The Morgan fingerprint density at radius 2 is 2.00 bits per heavy atom. The van der Waals surface area contributed by atoms with Crippen molar-refractivity contribution in [3.05, 3.63) is 65.2 Å². The smallest absolute Gasteiger partial charge is 0.261 e. The predicted octanol–water partition coefficient (Wildman–Crippen LogP) is 2.44. The second kappa shape index (κ2) is 6.10. The number of ether oxygens (including phenoxy) is 1. The summed E-state index contributed by atoms with van der Waals surface area (Å²) in [5.74, 6) is -0.583. The summed E-state index contributed by atoms with van der Waals surface area (Å²) >= 11 is 0. The lowest BCUT2D eigenvalue weighted by Crippen LogP contribution is -2.67. The SMILES string of the molecule is Cc1ncc([C@@H]2CC[C@H]3OC4(CN(C(=O)c5ccccc5)C4)C(=O)N32)cc1F. The molecule has 0 radical (unpaired) electrons. The third-order valence-corrected chi connectivity index (χ3v) is 5.95. The summed E-state index contributed by atoms with van der Waals surface area (Å²) in [4.78, 5) is 33.2. The Kier molecular flexibility index (Phi) is 3.77. The van der Waals surface area contributed by atoms with Crippen molar-refractivity contribution in [1.82, 2.24) is 14.8 Å². The summed E-state index contributed by atoms with van der Waals surface area (Å²) in [7, 11) is 0. The quantitative estimate of drug-likeness (QED) is 0.802. The topological polar surface area (TPSA) is 62.7 Å². The Balaban J connectivity index is 1.33. The maximum atomic E-state index is 14.0. The Labute approximate surface area is 161 Å². The molecule has 1 aromatic heterocycles. The zero-order valence-electron chi connectivity index (χ0n) is 15.5. The van der Waals surface area contributed by atoms with Crippen molar-refractivity contribution in [1.29, 1.82) is 0 Å². The van der Waals surface area contributed by atoms with Gasteiger partial charge in [-0.1, -0.05) is 18.2 Å². The van der Waals surface area contributed by atoms with Crippen LogP contribution in [-0.2, 0) is 9.53 Å². The van der Waals surface area contributed by atoms with E-state index in [0.29, 0.717) is 29.7 Å². The number of halogens is 1. The molecule has 3 aliphatic heterocycles. The lowest BCUT2D eigenvalue weighted by Gasteiger charge is -2.45. The second-order valence-corrected chi connectivity index (χ2v) is 7.74. The summed E-state index contributed by atoms with van der Waals surface area (Å²) in [6, 6.07) is 10.2. The first kappa shape index (κ1) is 17.3. The minimum atomic E-state index is -0.968. The molecule has 6 nitrogen and oxygen atoms in total. The van der Waals surface area contributed by atoms with Crippen molar-refractivity contribution in [2.24, 2.45) is 0 Å². The van der Waals surface area contributed by atoms with E-state index in [-0.39, 0.29) is 43.0 Å². The van der Waals surface area contributed by atoms with Crippen molar-refractivity contribution < 1.29 is 18.7 Å². The van der Waals surface area contributed by atoms with Gasteiger partial charge >= 0.3 is 0 Å². The molecular formula is C21H20FN3O3. The van der Waals surface area contributed by atoms with E-state index in [1.165, 1.54) is 6.07 Å². The molecular weight excluding hydrogens is 361 g/mol. The van der Waals surface area contributed by atoms with Crippen molar-refractivity contribution in [2.75, 3.05) is 13.1 Å². The van der Waals surface area contributed by atoms with E-state index in [0.717, 1.165) is 0 Å². The summed E-state index contributed by atoms with van der Waals surface area (Å²) in [5.41, 5.74) is 0.663. The van der Waals surface area contributed by atoms with Gasteiger partial charge in [0, 0.05) is 11.8 Å². The van der Waals surface area contributed by atoms with Gasteiger partial charge in [-0.2, -0.15) is 0 Å². The van der Waals surface area contributed by atoms with Gasteiger partial charge < -0.3 is 14.5 Å². The first-order valence-electron chi connectivity index (χ1n) is 9.45. The van der Waals surface area contributed by atoms with Crippen molar-refractivity contribution in [3.8, 4) is 0 Å². The number of carbonyl (C=O) groups excluding carboxylic acids is 2. The molecule has 0 saturated carbocycles. The Morgan fingerprint density at radius 3 is 2.71 bits per heavy atom. The molecule has 28 heavy (non-hydrogen) atoms. The van der Waals surface area contributed by atoms with Gasteiger partial charge in [0.25, 0.3) is 11.8 Å². The van der Waals surface area contributed by atoms with E-state index in [9.17, 15) is 14.0 Å². The molecule has 0 bridgehead atoms. The van der Waals surface area contributed by atoms with Crippen LogP contribution in [0.2, 0.25) is 0 Å². The summed E-state index contributed by atoms with van der Waals surface area (Å²) in [5, 5.41) is 0. The van der Waals surface area contributed by atoms with Crippen LogP contribution in [0.15, 0.2) is 42.6 Å². The van der Waals surface area contributed by atoms with E-state index in [2.05, 4.69) is 4.98 Å². The second-order valence-electron chi connectivity index (χ2n) is 7.74. The number of carbonyl (C=O) groups is 2. The zero-order chi connectivity index (χ0) is 19.5. The average molecular weight is 381 g/mol. The molecule has 0 aliphatic carbocycles. The number of hydrogen-bond donors (Lipinski definition) is 0. The van der Waals surface area contributed by atoms with Gasteiger partial charge in [0.1, 0.15) is 12.0 Å². The van der Waals surface area contributed by atoms with Crippen molar-refractivity contribution >= 4 is 11.8 Å². The molecule has 3 aliphatic rings. The number of hydrogen-bond acceptors (Lipinski definition) is 4. The maximum Gasteiger partial charge on any atom is 0.261 e. The van der Waals surface area contributed by atoms with Gasteiger partial charge in [0.2, 0.25) is 0 Å². The van der Waals surface area contributed by atoms with Gasteiger partial charge in [-0.25, -0.2) is 4.39 Å². The van der Waals surface area contributed by atoms with Gasteiger partial charge in [-0.3, -0.25) is 14.6 Å². The molecule has 2 atom stereocenters. The highest BCUT2D eigenvalue weighted by Gasteiger charge is 2.63. The minimum absolute atomic E-state index is 0.101. The van der Waals surface area contributed by atoms with Crippen LogP contribution in [0.5, 0.6) is 0 Å². The molecule has 4 heterocycles. The lowest BCUT2D eigenvalue weighted by atomic mass is 9.91. The number of nitrogens with zero attached hydrogens (tertiary/aromatic N) is 3. The van der Waals surface area contributed by atoms with Gasteiger partial charge in [0.05, 0.1) is 24.8 Å². The molecule has 3 fully saturated rings. The molecule has 1 aromatic carbocycles. The van der Waals surface area contributed by atoms with Gasteiger partial charge in [-0.05, 0) is 43.5 Å². The van der Waals surface area contributed by atoms with Crippen LogP contribution in [0.1, 0.15) is 40.5 Å². The Morgan fingerprint density at radius 1 is 1.25 bits per heavy atom. The summed E-state index contributed by atoms with van der Waals surface area (Å²) < 4.78 is 20.1. The monoisotopic (exact) mass is 381 g/mol. The molecule has 144 valence electrons. The van der Waals surface area contributed by atoms with Crippen LogP contribution in [0.4, 0.5) is 4.39 Å². The molecule has 2 aromatic rings. The number of benzene rings is 1. The highest BCUT2D eigenvalue weighted by atomic mass is 19.1. The van der Waals surface area contributed by atoms with E-state index in [1.807, 2.05) is 18.2 Å². The number of aromatic nitrogens is 1. The maximum absolute atomic E-state index is 14.0. The molecule has 3 saturated heterocycles. The predicted molar refractivity (Wildman–Crippen MR) is 97.7 cm³/mol. The Bertz CT molecular complexity index is 959. The fourth-order valence-corrected chi connectivity index (χ4v) is 4.43. The molecule has 2 amide bonds. The molecule has 5 rings (SSSR count). The first-order valence-corrected chi connectivity index (χ1v) is 9.45. The van der Waals surface area contributed by atoms with E-state index in [4.69, 9.17) is 4.74 Å². The van der Waals surface area contributed by atoms with Crippen molar-refractivity contribution in [2.45, 2.75) is 37.6 Å². The molecule has 0 unspecified atom stereocenters. The number of aryl methyl sites for hydroxylation is 1. The van der Waals surface area contributed by atoms with E-state index in [1.54, 1.807) is 35.1 Å². The largest absolute Gasteiger partial charge is 0.338 e. The third kappa shape index (κ3) is 2.46. The fraction of sp³-hybridized carbons (Fsp3) is 0.381. The standard InChI is InChI=1S/C21H20FN3O3/c1-13-16(22)9-15(10-23-13)17-7-8-18-25(17)20(27)21(28-18)11-24(12-21)19(26)14-5-3-2-4-6-14/h2-6,9-10,17-18H,7-8,11-12H2,1H3/t17-,18+/m0/s1. The number of pyridine rings is 1. The number of amides is 2. The summed E-state index contributed by atoms with van der Waals surface area (Å²) in [6.45, 7) is 2.11. The van der Waals surface area contributed by atoms with Gasteiger partial charge in [0.15, 0.2) is 5.60 Å². The van der Waals surface area contributed by atoms with Crippen LogP contribution in [0.25, 0.3) is 0 Å². The summed E-state index contributed by atoms with van der Waals surface area (Å²) in [6.07, 6.45) is 2.72. The normalized spacial score (nSPS) is 25.1. The average Bonchev–Trinajstić information content (AvgIpc) is 3.21. The molecule has 1 spiro atoms. The highest BCUT2D eigenvalue weighted by molar-refractivity contribution is 5.98. The first-order chi connectivity index (χ1) is 13.5. The number of likely N-dealkylation sites (tertiary alicyclic amines) is 1. The number of fused-ring (bicyclic) bond motifs is 1. The van der Waals surface area contributed by atoms with Crippen LogP contribution in [0, 0.1) is 12.7 Å². The minimum Gasteiger partial charge on any atom is -0.338 e. The van der Waals surface area contributed by atoms with Crippen molar-refractivity contribution in [3.63, 3.8) is 0 Å². The molecule has 0 N–H and O–H groups in total. The molecule has 7 heteroatoms. The fourth-order valence-electron chi connectivity index (χ4n) is 4.43. The van der Waals surface area contributed by atoms with Crippen LogP contribution >= 0.6 is 0 Å². The van der Waals surface area contributed by atoms with E-state index < -0.39 is 5.60 Å². The number of rotatable bonds is 2. The lowest BCUT2D eigenvalue weighted by molar-refractivity contribution is -0.154. The van der Waals surface area contributed by atoms with Gasteiger partial charge in [-0.15, -0.1) is 0 Å². The highest BCUT2D eigenvalue weighted by Crippen LogP contribution is 2.47. The zero-order valence-corrected chi connectivity index (χ0v) is 15.5. The van der Waals surface area contributed by atoms with Crippen LogP contribution in [-0.4, -0.2) is 51.5 Å². The van der Waals surface area contributed by atoms with E-state index >= 15 is 0 Å².